The van der Waals surface area contributed by atoms with Gasteiger partial charge in [0.2, 0.25) is 0 Å². The molecular formula is C3H8NOPS2. The van der Waals surface area contributed by atoms with Gasteiger partial charge in [-0.15, -0.1) is 0 Å². The van der Waals surface area contributed by atoms with Gasteiger partial charge in [-0.1, -0.05) is 29.6 Å². The zero-order chi connectivity index (χ0) is 6.41. The largest absolute Gasteiger partial charge is 0.321 e. The predicted molar refractivity (Wildman–Crippen MR) is 43.8 cm³/mol. The number of hydrogen-bond donors (Lipinski definition) is 1. The molecule has 2 unspecified atom stereocenters. The van der Waals surface area contributed by atoms with Gasteiger partial charge in [0.25, 0.3) is 0 Å². The van der Waals surface area contributed by atoms with Crippen LogP contribution in [0.15, 0.2) is 0 Å². The fourth-order valence-corrected chi connectivity index (χ4v) is 1.89. The summed E-state index contributed by atoms with van der Waals surface area (Å²) in [6, 6.07) is -0.298. The third kappa shape index (κ3) is 4.91. The zero-order valence-corrected chi connectivity index (χ0v) is 7.03. The van der Waals surface area contributed by atoms with E-state index in [1.54, 1.807) is 10.8 Å². The van der Waals surface area contributed by atoms with Crippen LogP contribution in [-0.4, -0.2) is 18.1 Å². The minimum absolute atomic E-state index is 0.298. The van der Waals surface area contributed by atoms with E-state index in [1.807, 2.05) is 0 Å². The van der Waals surface area contributed by atoms with Crippen LogP contribution in [0.25, 0.3) is 0 Å². The summed E-state index contributed by atoms with van der Waals surface area (Å²) in [4.78, 5) is 9.86. The van der Waals surface area contributed by atoms with E-state index in [9.17, 15) is 4.79 Å². The fraction of sp³-hybridized carbons (Fsp3) is 0.667. The van der Waals surface area contributed by atoms with Crippen LogP contribution in [0.3, 0.4) is 0 Å². The SMILES string of the molecule is NC(C=O)CSSP. The number of rotatable bonds is 4. The number of carbonyl (C=O) groups excluding carboxylic acids is 1. The molecule has 5 heteroatoms. The Labute approximate surface area is 58.7 Å². The highest BCUT2D eigenvalue weighted by Gasteiger charge is 1.96. The van der Waals surface area contributed by atoms with E-state index >= 15 is 0 Å². The van der Waals surface area contributed by atoms with E-state index in [2.05, 4.69) is 8.44 Å². The molecule has 2 atom stereocenters. The Kier molecular flexibility index (Phi) is 6.45. The second kappa shape index (κ2) is 5.89. The molecule has 0 aliphatic heterocycles. The summed E-state index contributed by atoms with van der Waals surface area (Å²) in [6.07, 6.45) is 0.758. The zero-order valence-electron chi connectivity index (χ0n) is 4.24. The molecule has 0 aromatic carbocycles. The lowest BCUT2D eigenvalue weighted by Gasteiger charge is -1.97. The summed E-state index contributed by atoms with van der Waals surface area (Å²) >= 11 is 0. The van der Waals surface area contributed by atoms with Crippen LogP contribution in [0.4, 0.5) is 0 Å². The van der Waals surface area contributed by atoms with Gasteiger partial charge >= 0.3 is 0 Å². The van der Waals surface area contributed by atoms with Gasteiger partial charge in [0, 0.05) is 5.75 Å². The van der Waals surface area contributed by atoms with Crippen LogP contribution in [0, 0.1) is 0 Å². The summed E-state index contributed by atoms with van der Waals surface area (Å²) in [5.41, 5.74) is 5.25. The van der Waals surface area contributed by atoms with Gasteiger partial charge in [-0.25, -0.2) is 0 Å². The minimum atomic E-state index is -0.298. The topological polar surface area (TPSA) is 43.1 Å². The van der Waals surface area contributed by atoms with Crippen molar-refractivity contribution in [3.8, 4) is 0 Å². The van der Waals surface area contributed by atoms with Crippen LogP contribution < -0.4 is 5.73 Å². The molecule has 0 aromatic heterocycles. The molecule has 0 heterocycles. The molecule has 0 radical (unpaired) electrons. The van der Waals surface area contributed by atoms with E-state index in [0.29, 0.717) is 5.75 Å². The molecule has 0 aromatic rings. The maximum atomic E-state index is 9.86. The van der Waals surface area contributed by atoms with Crippen molar-refractivity contribution in [2.24, 2.45) is 5.73 Å². The Morgan fingerprint density at radius 1 is 1.88 bits per heavy atom. The van der Waals surface area contributed by atoms with Crippen molar-refractivity contribution >= 4 is 35.9 Å². The summed E-state index contributed by atoms with van der Waals surface area (Å²) in [5.74, 6) is 0.692. The first-order valence-corrected chi connectivity index (χ1v) is 5.80. The summed E-state index contributed by atoms with van der Waals surface area (Å²) in [7, 11) is 5.58. The highest BCUT2D eigenvalue weighted by molar-refractivity contribution is 8.94. The quantitative estimate of drug-likeness (QED) is 0.382. The molecular weight excluding hydrogens is 161 g/mol. The molecule has 0 spiro atoms. The van der Waals surface area contributed by atoms with Gasteiger partial charge in [0.1, 0.15) is 6.29 Å². The van der Waals surface area contributed by atoms with Gasteiger partial charge in [-0.2, -0.15) is 0 Å². The average Bonchev–Trinajstić information content (AvgIpc) is 1.83. The van der Waals surface area contributed by atoms with Crippen molar-refractivity contribution in [1.82, 2.24) is 0 Å². The minimum Gasteiger partial charge on any atom is -0.321 e. The van der Waals surface area contributed by atoms with Crippen LogP contribution in [-0.2, 0) is 4.79 Å². The first-order valence-electron chi connectivity index (χ1n) is 2.00. The average molecular weight is 169 g/mol. The lowest BCUT2D eigenvalue weighted by molar-refractivity contribution is -0.108. The molecule has 0 saturated heterocycles. The Bertz CT molecular complexity index is 72.3. The van der Waals surface area contributed by atoms with Gasteiger partial charge in [-0.3, -0.25) is 0 Å². The van der Waals surface area contributed by atoms with Crippen molar-refractivity contribution in [3.63, 3.8) is 0 Å². The van der Waals surface area contributed by atoms with E-state index in [-0.39, 0.29) is 6.04 Å². The number of carbonyl (C=O) groups is 1. The maximum absolute atomic E-state index is 9.86. The normalized spacial score (nSPS) is 13.2. The van der Waals surface area contributed by atoms with E-state index in [4.69, 9.17) is 5.73 Å². The fourth-order valence-electron chi connectivity index (χ4n) is 0.157. The molecule has 8 heavy (non-hydrogen) atoms. The van der Waals surface area contributed by atoms with Gasteiger partial charge in [-0.05, 0) is 0 Å². The molecule has 2 nitrogen and oxygen atoms in total. The Morgan fingerprint density at radius 3 is 2.88 bits per heavy atom. The molecule has 0 fully saturated rings. The number of hydrogen-bond acceptors (Lipinski definition) is 4. The van der Waals surface area contributed by atoms with Crippen LogP contribution in [0.2, 0.25) is 0 Å². The smallest absolute Gasteiger partial charge is 0.137 e. The maximum Gasteiger partial charge on any atom is 0.137 e. The van der Waals surface area contributed by atoms with Gasteiger partial charge in [0.15, 0.2) is 0 Å². The summed E-state index contributed by atoms with van der Waals surface area (Å²) < 4.78 is 0. The Balaban J connectivity index is 2.98. The first-order chi connectivity index (χ1) is 3.81. The second-order valence-corrected chi connectivity index (χ2v) is 4.96. The Morgan fingerprint density at radius 2 is 2.50 bits per heavy atom. The van der Waals surface area contributed by atoms with E-state index in [0.717, 1.165) is 6.29 Å². The summed E-state index contributed by atoms with van der Waals surface area (Å²) in [6.45, 7) is 0. The molecule has 0 aliphatic rings. The Hall–Kier alpha value is 0.760. The predicted octanol–water partition coefficient (Wildman–Crippen LogP) is 0.684. The first kappa shape index (κ1) is 8.76. The van der Waals surface area contributed by atoms with E-state index < -0.39 is 0 Å². The number of aldehydes is 1. The third-order valence-electron chi connectivity index (χ3n) is 0.503. The van der Waals surface area contributed by atoms with Gasteiger partial charge < -0.3 is 10.5 Å². The van der Waals surface area contributed by atoms with Crippen molar-refractivity contribution in [3.05, 3.63) is 0 Å². The molecule has 0 saturated carbocycles. The molecule has 0 rings (SSSR count). The second-order valence-electron chi connectivity index (χ2n) is 1.18. The van der Waals surface area contributed by atoms with Crippen LogP contribution in [0.1, 0.15) is 0 Å². The molecule has 2 N–H and O–H groups in total. The lowest BCUT2D eigenvalue weighted by Crippen LogP contribution is -2.23. The van der Waals surface area contributed by atoms with Gasteiger partial charge in [0.05, 0.1) is 6.04 Å². The van der Waals surface area contributed by atoms with Crippen LogP contribution in [0.5, 0.6) is 0 Å². The molecule has 0 amide bonds. The van der Waals surface area contributed by atoms with Crippen molar-refractivity contribution in [2.45, 2.75) is 6.04 Å². The molecule has 48 valence electrons. The monoisotopic (exact) mass is 169 g/mol. The third-order valence-corrected chi connectivity index (χ3v) is 3.20. The molecule has 0 aliphatic carbocycles. The highest BCUT2D eigenvalue weighted by atomic mass is 33.3. The standard InChI is InChI=1S/C3H8NOPS2/c4-3(1-5)2-7-8-6/h1,3H,2,4,6H2. The van der Waals surface area contributed by atoms with Crippen LogP contribution >= 0.6 is 29.6 Å². The van der Waals surface area contributed by atoms with E-state index in [1.165, 1.54) is 10.4 Å². The summed E-state index contributed by atoms with van der Waals surface area (Å²) in [5, 5.41) is 0. The van der Waals surface area contributed by atoms with Crippen molar-refractivity contribution in [2.75, 3.05) is 5.75 Å². The number of nitrogens with two attached hydrogens (primary N) is 1. The lowest BCUT2D eigenvalue weighted by atomic mass is 10.4. The molecule has 0 bridgehead atoms. The van der Waals surface area contributed by atoms with Crippen molar-refractivity contribution in [1.29, 1.82) is 0 Å². The van der Waals surface area contributed by atoms with Crippen molar-refractivity contribution < 1.29 is 4.79 Å². The highest BCUT2D eigenvalue weighted by Crippen LogP contribution is 2.27.